The molecular weight excluding hydrogens is 387 g/mol. The number of halogens is 2. The van der Waals surface area contributed by atoms with Crippen molar-refractivity contribution in [3.05, 3.63) is 75.5 Å². The summed E-state index contributed by atoms with van der Waals surface area (Å²) in [6.45, 7) is 1.92. The van der Waals surface area contributed by atoms with Gasteiger partial charge in [0.15, 0.2) is 0 Å². The zero-order valence-corrected chi connectivity index (χ0v) is 16.1. The zero-order chi connectivity index (χ0) is 19.4. The summed E-state index contributed by atoms with van der Waals surface area (Å²) >= 11 is 11.9. The monoisotopic (exact) mass is 402 g/mol. The van der Waals surface area contributed by atoms with E-state index in [4.69, 9.17) is 32.4 Å². The third-order valence-electron chi connectivity index (χ3n) is 3.79. The van der Waals surface area contributed by atoms with E-state index in [1.807, 2.05) is 13.0 Å². The first-order valence-corrected chi connectivity index (χ1v) is 8.77. The summed E-state index contributed by atoms with van der Waals surface area (Å²) in [6, 6.07) is 14.0. The molecule has 0 radical (unpaired) electrons. The molecule has 5 nitrogen and oxygen atoms in total. The lowest BCUT2D eigenvalue weighted by molar-refractivity contribution is 0.0952. The van der Waals surface area contributed by atoms with E-state index in [0.717, 1.165) is 11.1 Å². The average Bonchev–Trinajstić information content (AvgIpc) is 3.12. The molecule has 2 aromatic carbocycles. The molecule has 138 valence electrons. The number of ether oxygens (including phenoxy) is 1. The second kappa shape index (κ2) is 8.29. The molecule has 0 saturated heterocycles. The maximum absolute atomic E-state index is 12.3. The highest BCUT2D eigenvalue weighted by molar-refractivity contribution is 6.42. The molecule has 0 bridgehead atoms. The summed E-state index contributed by atoms with van der Waals surface area (Å²) in [4.78, 5) is 12.3. The number of hydrazone groups is 1. The first kappa shape index (κ1) is 19.0. The fraction of sp³-hybridized carbons (Fsp3) is 0.100. The average molecular weight is 403 g/mol. The van der Waals surface area contributed by atoms with Gasteiger partial charge in [-0.05, 0) is 55.0 Å². The third kappa shape index (κ3) is 4.51. The molecule has 3 aromatic rings. The Morgan fingerprint density at radius 1 is 1.11 bits per heavy atom. The van der Waals surface area contributed by atoms with Gasteiger partial charge >= 0.3 is 0 Å². The molecule has 0 spiro atoms. The van der Waals surface area contributed by atoms with Crippen molar-refractivity contribution in [3.8, 4) is 17.1 Å². The Bertz CT molecular complexity index is 1010. The van der Waals surface area contributed by atoms with Crippen LogP contribution in [0.5, 0.6) is 5.75 Å². The van der Waals surface area contributed by atoms with Crippen molar-refractivity contribution in [1.82, 2.24) is 5.43 Å². The van der Waals surface area contributed by atoms with Crippen LogP contribution in [0.15, 0.2) is 58.0 Å². The van der Waals surface area contributed by atoms with Crippen molar-refractivity contribution in [2.45, 2.75) is 6.92 Å². The fourth-order valence-corrected chi connectivity index (χ4v) is 2.73. The van der Waals surface area contributed by atoms with Crippen LogP contribution >= 0.6 is 23.2 Å². The van der Waals surface area contributed by atoms with Gasteiger partial charge < -0.3 is 9.15 Å². The molecule has 27 heavy (non-hydrogen) atoms. The Labute approximate surface area is 166 Å². The summed E-state index contributed by atoms with van der Waals surface area (Å²) in [6.07, 6.45) is 1.42. The van der Waals surface area contributed by atoms with Gasteiger partial charge in [-0.15, -0.1) is 0 Å². The maximum Gasteiger partial charge on any atom is 0.275 e. The van der Waals surface area contributed by atoms with E-state index in [9.17, 15) is 4.79 Å². The van der Waals surface area contributed by atoms with Gasteiger partial charge in [0.25, 0.3) is 5.91 Å². The second-order valence-electron chi connectivity index (χ2n) is 5.73. The lowest BCUT2D eigenvalue weighted by Gasteiger charge is -2.07. The van der Waals surface area contributed by atoms with Crippen LogP contribution in [-0.2, 0) is 0 Å². The summed E-state index contributed by atoms with van der Waals surface area (Å²) in [5.41, 5.74) is 4.65. The SMILES string of the molecule is COc1cc(C)ccc1C(=O)N/N=C\c1ccc(-c2ccc(Cl)c(Cl)c2)o1. The van der Waals surface area contributed by atoms with Crippen molar-refractivity contribution in [2.75, 3.05) is 7.11 Å². The van der Waals surface area contributed by atoms with E-state index in [2.05, 4.69) is 10.5 Å². The smallest absolute Gasteiger partial charge is 0.275 e. The van der Waals surface area contributed by atoms with Crippen LogP contribution < -0.4 is 10.2 Å². The maximum atomic E-state index is 12.3. The molecule has 7 heteroatoms. The van der Waals surface area contributed by atoms with E-state index in [1.165, 1.54) is 13.3 Å². The number of amides is 1. The zero-order valence-electron chi connectivity index (χ0n) is 14.6. The van der Waals surface area contributed by atoms with Crippen molar-refractivity contribution in [3.63, 3.8) is 0 Å². The molecule has 1 N–H and O–H groups in total. The lowest BCUT2D eigenvalue weighted by Crippen LogP contribution is -2.18. The quantitative estimate of drug-likeness (QED) is 0.462. The van der Waals surface area contributed by atoms with Crippen LogP contribution in [0, 0.1) is 6.92 Å². The van der Waals surface area contributed by atoms with Gasteiger partial charge in [0.2, 0.25) is 0 Å². The number of hydrogen-bond donors (Lipinski definition) is 1. The summed E-state index contributed by atoms with van der Waals surface area (Å²) in [5, 5.41) is 4.85. The predicted octanol–water partition coefficient (Wildman–Crippen LogP) is 5.33. The largest absolute Gasteiger partial charge is 0.496 e. The number of carbonyl (C=O) groups is 1. The fourth-order valence-electron chi connectivity index (χ4n) is 2.43. The van der Waals surface area contributed by atoms with Crippen LogP contribution in [0.4, 0.5) is 0 Å². The standard InChI is InChI=1S/C20H16Cl2N2O3/c1-12-3-6-15(19(9-12)26-2)20(25)24-23-11-14-5-8-18(27-14)13-4-7-16(21)17(22)10-13/h3-11H,1-2H3,(H,24,25)/b23-11-. The topological polar surface area (TPSA) is 63.8 Å². The van der Waals surface area contributed by atoms with Crippen molar-refractivity contribution < 1.29 is 13.9 Å². The van der Waals surface area contributed by atoms with E-state index in [0.29, 0.717) is 32.9 Å². The lowest BCUT2D eigenvalue weighted by atomic mass is 10.1. The van der Waals surface area contributed by atoms with E-state index in [-0.39, 0.29) is 5.91 Å². The molecule has 0 aliphatic carbocycles. The normalized spacial score (nSPS) is 11.0. The molecule has 0 unspecified atom stereocenters. The number of benzene rings is 2. The molecule has 1 amide bonds. The van der Waals surface area contributed by atoms with E-state index in [1.54, 1.807) is 42.5 Å². The molecule has 0 aliphatic heterocycles. The molecule has 0 aliphatic rings. The Morgan fingerprint density at radius 3 is 2.67 bits per heavy atom. The van der Waals surface area contributed by atoms with Gasteiger partial charge in [-0.3, -0.25) is 4.79 Å². The van der Waals surface area contributed by atoms with Crippen LogP contribution in [0.25, 0.3) is 11.3 Å². The number of rotatable bonds is 5. The van der Waals surface area contributed by atoms with Crippen molar-refractivity contribution in [2.24, 2.45) is 5.10 Å². The van der Waals surface area contributed by atoms with Gasteiger partial charge in [-0.2, -0.15) is 5.10 Å². The molecule has 1 aromatic heterocycles. The highest BCUT2D eigenvalue weighted by Gasteiger charge is 2.11. The Morgan fingerprint density at radius 2 is 1.93 bits per heavy atom. The van der Waals surface area contributed by atoms with Gasteiger partial charge in [0.05, 0.1) is 28.9 Å². The van der Waals surface area contributed by atoms with Crippen LogP contribution in [-0.4, -0.2) is 19.2 Å². The molecule has 0 saturated carbocycles. The highest BCUT2D eigenvalue weighted by Crippen LogP contribution is 2.29. The minimum absolute atomic E-state index is 0.376. The van der Waals surface area contributed by atoms with Gasteiger partial charge in [-0.25, -0.2) is 5.43 Å². The summed E-state index contributed by atoms with van der Waals surface area (Å²) < 4.78 is 10.9. The number of methoxy groups -OCH3 is 1. The number of carbonyl (C=O) groups excluding carboxylic acids is 1. The number of furan rings is 1. The van der Waals surface area contributed by atoms with Crippen LogP contribution in [0.2, 0.25) is 10.0 Å². The molecule has 0 fully saturated rings. The molecule has 3 rings (SSSR count). The van der Waals surface area contributed by atoms with E-state index < -0.39 is 0 Å². The molecule has 0 atom stereocenters. The van der Waals surface area contributed by atoms with Crippen LogP contribution in [0.1, 0.15) is 21.7 Å². The van der Waals surface area contributed by atoms with Crippen molar-refractivity contribution >= 4 is 35.3 Å². The minimum Gasteiger partial charge on any atom is -0.496 e. The van der Waals surface area contributed by atoms with Gasteiger partial charge in [0.1, 0.15) is 17.3 Å². The van der Waals surface area contributed by atoms with Gasteiger partial charge in [-0.1, -0.05) is 29.3 Å². The highest BCUT2D eigenvalue weighted by atomic mass is 35.5. The second-order valence-corrected chi connectivity index (χ2v) is 6.55. The molecular formula is C20H16Cl2N2O3. The number of hydrogen-bond acceptors (Lipinski definition) is 4. The van der Waals surface area contributed by atoms with Gasteiger partial charge in [0, 0.05) is 5.56 Å². The Kier molecular flexibility index (Phi) is 5.84. The predicted molar refractivity (Wildman–Crippen MR) is 107 cm³/mol. The third-order valence-corrected chi connectivity index (χ3v) is 4.53. The first-order chi connectivity index (χ1) is 13.0. The first-order valence-electron chi connectivity index (χ1n) is 8.01. The minimum atomic E-state index is -0.376. The number of nitrogens with zero attached hydrogens (tertiary/aromatic N) is 1. The number of aryl methyl sites for hydroxylation is 1. The molecule has 1 heterocycles. The summed E-state index contributed by atoms with van der Waals surface area (Å²) in [7, 11) is 1.52. The Hall–Kier alpha value is -2.76. The summed E-state index contributed by atoms with van der Waals surface area (Å²) in [5.74, 6) is 1.20. The Balaban J connectivity index is 1.69. The van der Waals surface area contributed by atoms with Crippen LogP contribution in [0.3, 0.4) is 0 Å². The van der Waals surface area contributed by atoms with E-state index >= 15 is 0 Å². The van der Waals surface area contributed by atoms with Crippen molar-refractivity contribution in [1.29, 1.82) is 0 Å². The number of nitrogens with one attached hydrogen (secondary N) is 1.